The van der Waals surface area contributed by atoms with E-state index in [1.165, 1.54) is 33.8 Å². The van der Waals surface area contributed by atoms with Crippen molar-refractivity contribution in [3.8, 4) is 16.3 Å². The number of carbonyl (C=O) groups is 1. The summed E-state index contributed by atoms with van der Waals surface area (Å²) in [7, 11) is 0. The summed E-state index contributed by atoms with van der Waals surface area (Å²) in [5.41, 5.74) is 0.406. The van der Waals surface area contributed by atoms with Gasteiger partial charge in [-0.1, -0.05) is 26.0 Å². The van der Waals surface area contributed by atoms with E-state index in [2.05, 4.69) is 27.4 Å². The standard InChI is InChI=1S/C26H23F3N6O2S/c1-3-16-5-7-18(8-6-16)37-15-34-14-17(13-30-34)31-25(36)21-12-24-32-20(22-10-9-19(4-2)38-22)11-23(26(27,28)29)35(24)33-21/h5-14H,3-4,15H2,1-2H3,(H,31,36). The number of aromatic nitrogens is 5. The van der Waals surface area contributed by atoms with Crippen LogP contribution in [0.3, 0.4) is 0 Å². The largest absolute Gasteiger partial charge is 0.471 e. The number of benzene rings is 1. The van der Waals surface area contributed by atoms with Crippen molar-refractivity contribution < 1.29 is 22.7 Å². The number of thiophene rings is 1. The maximum atomic E-state index is 13.9. The Balaban J connectivity index is 1.34. The minimum absolute atomic E-state index is 0.0791. The second kappa shape index (κ2) is 10.3. The highest BCUT2D eigenvalue weighted by atomic mass is 32.1. The fourth-order valence-electron chi connectivity index (χ4n) is 3.78. The molecule has 0 saturated carbocycles. The second-order valence-corrected chi connectivity index (χ2v) is 9.61. The van der Waals surface area contributed by atoms with Crippen molar-refractivity contribution in [3.05, 3.63) is 82.8 Å². The number of ether oxygens (including phenoxy) is 1. The van der Waals surface area contributed by atoms with Gasteiger partial charge < -0.3 is 10.1 Å². The molecular formula is C26H23F3N6O2S. The van der Waals surface area contributed by atoms with E-state index in [9.17, 15) is 18.0 Å². The summed E-state index contributed by atoms with van der Waals surface area (Å²) in [6.45, 7) is 4.15. The fraction of sp³-hybridized carbons (Fsp3) is 0.231. The lowest BCUT2D eigenvalue weighted by atomic mass is 10.2. The normalized spacial score (nSPS) is 11.7. The van der Waals surface area contributed by atoms with Gasteiger partial charge in [0.2, 0.25) is 0 Å². The third-order valence-corrected chi connectivity index (χ3v) is 7.05. The van der Waals surface area contributed by atoms with Crippen LogP contribution in [0.15, 0.2) is 60.9 Å². The Morgan fingerprint density at radius 1 is 1.08 bits per heavy atom. The van der Waals surface area contributed by atoms with Crippen LogP contribution in [0.1, 0.15) is 40.5 Å². The van der Waals surface area contributed by atoms with Gasteiger partial charge in [-0.15, -0.1) is 11.3 Å². The highest BCUT2D eigenvalue weighted by molar-refractivity contribution is 7.15. The van der Waals surface area contributed by atoms with Gasteiger partial charge in [0.25, 0.3) is 5.91 Å². The second-order valence-electron chi connectivity index (χ2n) is 8.44. The lowest BCUT2D eigenvalue weighted by Gasteiger charge is -2.10. The Bertz CT molecular complexity index is 1590. The van der Waals surface area contributed by atoms with Crippen LogP contribution in [0.2, 0.25) is 0 Å². The minimum atomic E-state index is -4.70. The Morgan fingerprint density at radius 3 is 2.55 bits per heavy atom. The quantitative estimate of drug-likeness (QED) is 0.258. The van der Waals surface area contributed by atoms with E-state index in [1.807, 2.05) is 37.3 Å². The summed E-state index contributed by atoms with van der Waals surface area (Å²) < 4.78 is 49.4. The van der Waals surface area contributed by atoms with Crippen molar-refractivity contribution in [2.24, 2.45) is 0 Å². The predicted molar refractivity (Wildman–Crippen MR) is 137 cm³/mol. The number of aryl methyl sites for hydroxylation is 2. The monoisotopic (exact) mass is 540 g/mol. The van der Waals surface area contributed by atoms with Gasteiger partial charge in [0.15, 0.2) is 23.8 Å². The third kappa shape index (κ3) is 5.40. The molecule has 0 aliphatic carbocycles. The third-order valence-electron chi connectivity index (χ3n) is 5.80. The lowest BCUT2D eigenvalue weighted by molar-refractivity contribution is -0.142. The van der Waals surface area contributed by atoms with E-state index in [0.29, 0.717) is 20.8 Å². The molecule has 1 aromatic carbocycles. The minimum Gasteiger partial charge on any atom is -0.471 e. The molecule has 0 aliphatic heterocycles. The Morgan fingerprint density at radius 2 is 1.87 bits per heavy atom. The molecule has 0 radical (unpaired) electrons. The molecule has 0 atom stereocenters. The molecule has 0 saturated heterocycles. The fourth-order valence-corrected chi connectivity index (χ4v) is 4.68. The molecule has 12 heteroatoms. The Hall–Kier alpha value is -4.19. The number of rotatable bonds is 8. The van der Waals surface area contributed by atoms with E-state index in [-0.39, 0.29) is 23.8 Å². The van der Waals surface area contributed by atoms with Crippen LogP contribution in [-0.2, 0) is 25.7 Å². The average molecular weight is 541 g/mol. The van der Waals surface area contributed by atoms with Gasteiger partial charge in [0, 0.05) is 10.9 Å². The predicted octanol–water partition coefficient (Wildman–Crippen LogP) is 6.09. The van der Waals surface area contributed by atoms with Crippen LogP contribution in [0.5, 0.6) is 5.75 Å². The summed E-state index contributed by atoms with van der Waals surface area (Å²) in [5.74, 6) is -0.0148. The first-order valence-electron chi connectivity index (χ1n) is 11.9. The highest BCUT2D eigenvalue weighted by Crippen LogP contribution is 2.34. The van der Waals surface area contributed by atoms with E-state index >= 15 is 0 Å². The summed E-state index contributed by atoms with van der Waals surface area (Å²) in [6, 6.07) is 13.5. The number of fused-ring (bicyclic) bond motifs is 1. The number of carbonyl (C=O) groups excluding carboxylic acids is 1. The Labute approximate surface area is 219 Å². The van der Waals surface area contributed by atoms with Crippen LogP contribution < -0.4 is 10.1 Å². The molecule has 1 N–H and O–H groups in total. The van der Waals surface area contributed by atoms with E-state index in [0.717, 1.165) is 23.8 Å². The zero-order valence-corrected chi connectivity index (χ0v) is 21.3. The van der Waals surface area contributed by atoms with Gasteiger partial charge >= 0.3 is 6.18 Å². The highest BCUT2D eigenvalue weighted by Gasteiger charge is 2.36. The molecule has 1 amide bonds. The molecule has 4 aromatic heterocycles. The van der Waals surface area contributed by atoms with Crippen molar-refractivity contribution in [2.75, 3.05) is 5.32 Å². The lowest BCUT2D eigenvalue weighted by Crippen LogP contribution is -2.15. The smallest absolute Gasteiger partial charge is 0.433 e. The van der Waals surface area contributed by atoms with Crippen LogP contribution >= 0.6 is 11.3 Å². The number of nitrogens with one attached hydrogen (secondary N) is 1. The molecule has 0 aliphatic rings. The summed E-state index contributed by atoms with van der Waals surface area (Å²) in [4.78, 5) is 18.8. The summed E-state index contributed by atoms with van der Waals surface area (Å²) >= 11 is 1.38. The number of alkyl halides is 3. The average Bonchev–Trinajstić information content (AvgIpc) is 3.66. The van der Waals surface area contributed by atoms with Gasteiger partial charge in [-0.3, -0.25) is 4.79 Å². The number of amides is 1. The van der Waals surface area contributed by atoms with Crippen molar-refractivity contribution in [1.29, 1.82) is 0 Å². The van der Waals surface area contributed by atoms with Crippen molar-refractivity contribution in [3.63, 3.8) is 0 Å². The molecular weight excluding hydrogens is 517 g/mol. The molecule has 196 valence electrons. The molecule has 0 unspecified atom stereocenters. The van der Waals surface area contributed by atoms with Crippen molar-refractivity contribution >= 4 is 28.6 Å². The zero-order valence-electron chi connectivity index (χ0n) is 20.5. The van der Waals surface area contributed by atoms with Crippen molar-refractivity contribution in [1.82, 2.24) is 24.4 Å². The Kier molecular flexibility index (Phi) is 6.89. The first-order valence-corrected chi connectivity index (χ1v) is 12.7. The number of halogens is 3. The number of nitrogens with zero attached hydrogens (tertiary/aromatic N) is 5. The molecule has 0 fully saturated rings. The SMILES string of the molecule is CCc1ccc(OCn2cc(NC(=O)c3cc4nc(-c5ccc(CC)s5)cc(C(F)(F)F)n4n3)cn2)cc1. The van der Waals surface area contributed by atoms with Gasteiger partial charge in [-0.05, 0) is 48.7 Å². The van der Waals surface area contributed by atoms with Crippen molar-refractivity contribution in [2.45, 2.75) is 39.6 Å². The number of anilines is 1. The van der Waals surface area contributed by atoms with Gasteiger partial charge in [0.05, 0.1) is 28.7 Å². The summed E-state index contributed by atoms with van der Waals surface area (Å²) in [5, 5.41) is 10.7. The topological polar surface area (TPSA) is 86.3 Å². The van der Waals surface area contributed by atoms with Crippen LogP contribution in [0.25, 0.3) is 16.2 Å². The molecule has 38 heavy (non-hydrogen) atoms. The maximum absolute atomic E-state index is 13.9. The molecule has 5 aromatic rings. The molecule has 0 bridgehead atoms. The first-order chi connectivity index (χ1) is 18.2. The van der Waals surface area contributed by atoms with Gasteiger partial charge in [-0.2, -0.15) is 23.4 Å². The zero-order chi connectivity index (χ0) is 26.9. The number of hydrogen-bond acceptors (Lipinski definition) is 6. The molecule has 8 nitrogen and oxygen atoms in total. The number of hydrogen-bond donors (Lipinski definition) is 1. The molecule has 5 rings (SSSR count). The molecule has 0 spiro atoms. The van der Waals surface area contributed by atoms with Gasteiger partial charge in [0.1, 0.15) is 5.75 Å². The van der Waals surface area contributed by atoms with E-state index < -0.39 is 17.8 Å². The van der Waals surface area contributed by atoms with Gasteiger partial charge in [-0.25, -0.2) is 14.2 Å². The summed E-state index contributed by atoms with van der Waals surface area (Å²) in [6.07, 6.45) is -0.0358. The van der Waals surface area contributed by atoms with Crippen LogP contribution in [-0.4, -0.2) is 30.3 Å². The van der Waals surface area contributed by atoms with E-state index in [1.54, 1.807) is 12.3 Å². The maximum Gasteiger partial charge on any atom is 0.433 e. The molecule has 4 heterocycles. The van der Waals surface area contributed by atoms with Crippen LogP contribution in [0, 0.1) is 0 Å². The van der Waals surface area contributed by atoms with E-state index in [4.69, 9.17) is 4.74 Å². The first kappa shape index (κ1) is 25.5. The van der Waals surface area contributed by atoms with Crippen LogP contribution in [0.4, 0.5) is 18.9 Å².